The first-order valence-corrected chi connectivity index (χ1v) is 6.85. The molecule has 1 saturated carbocycles. The van der Waals surface area contributed by atoms with Crippen LogP contribution in [0.3, 0.4) is 0 Å². The van der Waals surface area contributed by atoms with E-state index in [1.807, 2.05) is 6.07 Å². The second-order valence-electron chi connectivity index (χ2n) is 5.20. The van der Waals surface area contributed by atoms with Crippen molar-refractivity contribution >= 4 is 11.8 Å². The van der Waals surface area contributed by atoms with Crippen LogP contribution in [-0.2, 0) is 4.79 Å². The lowest BCUT2D eigenvalue weighted by molar-refractivity contribution is -0.120. The Hall–Kier alpha value is -2.63. The van der Waals surface area contributed by atoms with Crippen LogP contribution in [-0.4, -0.2) is 22.0 Å². The molecule has 0 saturated heterocycles. The molecular formula is C15H16N4O2. The number of rotatable bonds is 5. The molecule has 1 heterocycles. The standard InChI is InChI=1S/C15H16N4O2/c16-14(20)13(10-4-2-1-3-5-10)17-15(21)12-8-11(18-19-12)9-6-7-9/h1-5,8-9,13H,6-7H2,(H2,16,20)(H,17,21)(H,18,19). The third-order valence-corrected chi connectivity index (χ3v) is 3.54. The number of aromatic nitrogens is 2. The molecule has 3 rings (SSSR count). The van der Waals surface area contributed by atoms with Crippen LogP contribution in [0.5, 0.6) is 0 Å². The van der Waals surface area contributed by atoms with Crippen molar-refractivity contribution in [1.29, 1.82) is 0 Å². The highest BCUT2D eigenvalue weighted by atomic mass is 16.2. The second kappa shape index (κ2) is 5.40. The number of carbonyl (C=O) groups is 2. The molecule has 1 aromatic heterocycles. The second-order valence-corrected chi connectivity index (χ2v) is 5.20. The van der Waals surface area contributed by atoms with Crippen LogP contribution >= 0.6 is 0 Å². The zero-order valence-corrected chi connectivity index (χ0v) is 11.4. The Labute approximate surface area is 121 Å². The Morgan fingerprint density at radius 3 is 2.62 bits per heavy atom. The lowest BCUT2D eigenvalue weighted by Gasteiger charge is -2.14. The molecule has 1 aromatic carbocycles. The molecule has 1 unspecified atom stereocenters. The van der Waals surface area contributed by atoms with Gasteiger partial charge in [-0.05, 0) is 24.5 Å². The van der Waals surface area contributed by atoms with Crippen molar-refractivity contribution in [2.24, 2.45) is 5.73 Å². The van der Waals surface area contributed by atoms with Gasteiger partial charge in [0, 0.05) is 11.6 Å². The van der Waals surface area contributed by atoms with Gasteiger partial charge in [0.2, 0.25) is 5.91 Å². The summed E-state index contributed by atoms with van der Waals surface area (Å²) in [6.07, 6.45) is 2.24. The van der Waals surface area contributed by atoms with Crippen molar-refractivity contribution in [3.05, 3.63) is 53.3 Å². The number of hydrogen-bond donors (Lipinski definition) is 3. The van der Waals surface area contributed by atoms with Crippen molar-refractivity contribution in [2.45, 2.75) is 24.8 Å². The van der Waals surface area contributed by atoms with E-state index in [1.54, 1.807) is 30.3 Å². The predicted octanol–water partition coefficient (Wildman–Crippen LogP) is 1.24. The van der Waals surface area contributed by atoms with E-state index in [9.17, 15) is 9.59 Å². The van der Waals surface area contributed by atoms with E-state index >= 15 is 0 Å². The Morgan fingerprint density at radius 2 is 2.00 bits per heavy atom. The topological polar surface area (TPSA) is 101 Å². The fourth-order valence-electron chi connectivity index (χ4n) is 2.23. The molecule has 0 bridgehead atoms. The number of H-pyrrole nitrogens is 1. The van der Waals surface area contributed by atoms with Gasteiger partial charge >= 0.3 is 0 Å². The molecule has 2 amide bonds. The number of nitrogens with zero attached hydrogens (tertiary/aromatic N) is 1. The highest BCUT2D eigenvalue weighted by Gasteiger charge is 2.27. The summed E-state index contributed by atoms with van der Waals surface area (Å²) in [5.74, 6) is -0.529. The predicted molar refractivity (Wildman–Crippen MR) is 76.4 cm³/mol. The summed E-state index contributed by atoms with van der Waals surface area (Å²) in [5.41, 5.74) is 7.27. The zero-order valence-electron chi connectivity index (χ0n) is 11.4. The number of carbonyl (C=O) groups excluding carboxylic acids is 2. The number of aromatic amines is 1. The van der Waals surface area contributed by atoms with Crippen molar-refractivity contribution < 1.29 is 9.59 Å². The smallest absolute Gasteiger partial charge is 0.272 e. The minimum Gasteiger partial charge on any atom is -0.368 e. The van der Waals surface area contributed by atoms with Crippen LogP contribution in [0.4, 0.5) is 0 Å². The van der Waals surface area contributed by atoms with Gasteiger partial charge in [0.05, 0.1) is 0 Å². The number of benzene rings is 1. The molecule has 108 valence electrons. The molecular weight excluding hydrogens is 268 g/mol. The zero-order chi connectivity index (χ0) is 14.8. The monoisotopic (exact) mass is 284 g/mol. The number of hydrogen-bond acceptors (Lipinski definition) is 3. The summed E-state index contributed by atoms with van der Waals surface area (Å²) < 4.78 is 0. The average Bonchev–Trinajstić information content (AvgIpc) is 3.22. The summed E-state index contributed by atoms with van der Waals surface area (Å²) >= 11 is 0. The number of amides is 2. The van der Waals surface area contributed by atoms with Gasteiger partial charge in [0.25, 0.3) is 5.91 Å². The molecule has 1 aliphatic rings. The third kappa shape index (κ3) is 2.94. The summed E-state index contributed by atoms with van der Waals surface area (Å²) in [4.78, 5) is 23.8. The van der Waals surface area contributed by atoms with Crippen LogP contribution < -0.4 is 11.1 Å². The van der Waals surface area contributed by atoms with Crippen LogP contribution in [0.15, 0.2) is 36.4 Å². The van der Waals surface area contributed by atoms with Gasteiger partial charge < -0.3 is 11.1 Å². The van der Waals surface area contributed by atoms with Crippen LogP contribution in [0.25, 0.3) is 0 Å². The molecule has 4 N–H and O–H groups in total. The average molecular weight is 284 g/mol. The van der Waals surface area contributed by atoms with Gasteiger partial charge in [0.15, 0.2) is 0 Å². The van der Waals surface area contributed by atoms with Crippen molar-refractivity contribution in [3.8, 4) is 0 Å². The SMILES string of the molecule is NC(=O)C(NC(=O)c1cc(C2CC2)[nH]n1)c1ccccc1. The Bertz CT molecular complexity index is 661. The Morgan fingerprint density at radius 1 is 1.29 bits per heavy atom. The van der Waals surface area contributed by atoms with Crippen LogP contribution in [0.1, 0.15) is 46.5 Å². The van der Waals surface area contributed by atoms with E-state index in [4.69, 9.17) is 5.73 Å². The molecule has 2 aromatic rings. The Kier molecular flexibility index (Phi) is 3.43. The lowest BCUT2D eigenvalue weighted by Crippen LogP contribution is -2.37. The van der Waals surface area contributed by atoms with Crippen LogP contribution in [0.2, 0.25) is 0 Å². The molecule has 21 heavy (non-hydrogen) atoms. The quantitative estimate of drug-likeness (QED) is 0.770. The van der Waals surface area contributed by atoms with E-state index < -0.39 is 17.9 Å². The van der Waals surface area contributed by atoms with E-state index in [0.29, 0.717) is 11.5 Å². The van der Waals surface area contributed by atoms with Crippen molar-refractivity contribution in [1.82, 2.24) is 15.5 Å². The summed E-state index contributed by atoms with van der Waals surface area (Å²) in [5, 5.41) is 9.48. The van der Waals surface area contributed by atoms with Crippen LogP contribution in [0, 0.1) is 0 Å². The van der Waals surface area contributed by atoms with E-state index in [-0.39, 0.29) is 5.69 Å². The van der Waals surface area contributed by atoms with Gasteiger partial charge in [0.1, 0.15) is 11.7 Å². The first-order chi connectivity index (χ1) is 10.1. The minimum absolute atomic E-state index is 0.277. The highest BCUT2D eigenvalue weighted by Crippen LogP contribution is 2.38. The number of nitrogens with two attached hydrogens (primary N) is 1. The number of primary amides is 1. The van der Waals surface area contributed by atoms with Gasteiger partial charge in [-0.3, -0.25) is 14.7 Å². The maximum absolute atomic E-state index is 12.2. The molecule has 0 radical (unpaired) electrons. The molecule has 0 aliphatic heterocycles. The minimum atomic E-state index is -0.861. The summed E-state index contributed by atoms with van der Waals surface area (Å²) in [6, 6.07) is 9.77. The van der Waals surface area contributed by atoms with E-state index in [0.717, 1.165) is 18.5 Å². The molecule has 6 nitrogen and oxygen atoms in total. The first-order valence-electron chi connectivity index (χ1n) is 6.85. The van der Waals surface area contributed by atoms with Gasteiger partial charge in [-0.2, -0.15) is 5.10 Å². The highest BCUT2D eigenvalue weighted by molar-refractivity contribution is 5.96. The largest absolute Gasteiger partial charge is 0.368 e. The molecule has 1 aliphatic carbocycles. The van der Waals surface area contributed by atoms with Gasteiger partial charge in [-0.1, -0.05) is 30.3 Å². The molecule has 0 spiro atoms. The molecule has 1 atom stereocenters. The van der Waals surface area contributed by atoms with Gasteiger partial charge in [-0.25, -0.2) is 0 Å². The lowest BCUT2D eigenvalue weighted by atomic mass is 10.1. The van der Waals surface area contributed by atoms with Crippen molar-refractivity contribution in [3.63, 3.8) is 0 Å². The fourth-order valence-corrected chi connectivity index (χ4v) is 2.23. The molecule has 6 heteroatoms. The first kappa shape index (κ1) is 13.4. The maximum Gasteiger partial charge on any atom is 0.272 e. The summed E-state index contributed by atoms with van der Waals surface area (Å²) in [6.45, 7) is 0. The third-order valence-electron chi connectivity index (χ3n) is 3.54. The summed E-state index contributed by atoms with van der Waals surface area (Å²) in [7, 11) is 0. The number of nitrogens with one attached hydrogen (secondary N) is 2. The van der Waals surface area contributed by atoms with Crippen molar-refractivity contribution in [2.75, 3.05) is 0 Å². The Balaban J connectivity index is 1.75. The fraction of sp³-hybridized carbons (Fsp3) is 0.267. The van der Waals surface area contributed by atoms with E-state index in [1.165, 1.54) is 0 Å². The van der Waals surface area contributed by atoms with E-state index in [2.05, 4.69) is 15.5 Å². The molecule has 1 fully saturated rings. The van der Waals surface area contributed by atoms with Gasteiger partial charge in [-0.15, -0.1) is 0 Å². The maximum atomic E-state index is 12.2. The normalized spacial score (nSPS) is 15.4.